The number of hydrogen-bond donors (Lipinski definition) is 0. The highest BCUT2D eigenvalue weighted by molar-refractivity contribution is 5.10. The first-order chi connectivity index (χ1) is 5.93. The predicted octanol–water partition coefficient (Wildman–Crippen LogP) is 2.81. The van der Waals surface area contributed by atoms with Crippen LogP contribution in [0, 0.1) is 0 Å². The summed E-state index contributed by atoms with van der Waals surface area (Å²) in [4.78, 5) is 8.00. The average Bonchev–Trinajstić information content (AvgIpc) is 2.25. The van der Waals surface area contributed by atoms with Crippen LogP contribution in [-0.2, 0) is 9.53 Å². The maximum atomic E-state index is 8.00. The van der Waals surface area contributed by atoms with Crippen LogP contribution in [0.5, 0.6) is 0 Å². The van der Waals surface area contributed by atoms with Gasteiger partial charge in [0, 0.05) is 7.11 Å². The van der Waals surface area contributed by atoms with Crippen LogP contribution in [0.25, 0.3) is 0 Å². The molecular formula is C10H22O2. The van der Waals surface area contributed by atoms with E-state index < -0.39 is 0 Å². The van der Waals surface area contributed by atoms with E-state index in [0.29, 0.717) is 6.10 Å². The first-order valence-corrected chi connectivity index (χ1v) is 4.75. The highest BCUT2D eigenvalue weighted by Crippen LogP contribution is 2.18. The Morgan fingerprint density at radius 2 is 1.50 bits per heavy atom. The molecule has 0 atom stereocenters. The molecule has 74 valence electrons. The molecule has 0 aliphatic heterocycles. The molecule has 1 aliphatic rings. The minimum absolute atomic E-state index is 0.587. The lowest BCUT2D eigenvalue weighted by Gasteiger charge is -2.19. The van der Waals surface area contributed by atoms with E-state index in [-0.39, 0.29) is 0 Å². The molecule has 1 rings (SSSR count). The van der Waals surface area contributed by atoms with Gasteiger partial charge in [-0.1, -0.05) is 33.1 Å². The molecule has 0 saturated heterocycles. The maximum absolute atomic E-state index is 8.00. The van der Waals surface area contributed by atoms with Gasteiger partial charge >= 0.3 is 0 Å². The van der Waals surface area contributed by atoms with Gasteiger partial charge in [-0.05, 0) is 12.8 Å². The van der Waals surface area contributed by atoms with Crippen molar-refractivity contribution in [3.05, 3.63) is 0 Å². The molecule has 1 fully saturated rings. The molecule has 0 aromatic rings. The molecule has 0 bridgehead atoms. The summed E-state index contributed by atoms with van der Waals surface area (Å²) in [5, 5.41) is 0. The summed E-state index contributed by atoms with van der Waals surface area (Å²) in [5.41, 5.74) is 0. The number of rotatable bonds is 1. The number of carbonyl (C=O) groups excluding carboxylic acids is 1. The van der Waals surface area contributed by atoms with Gasteiger partial charge < -0.3 is 9.53 Å². The number of ether oxygens (including phenoxy) is 1. The summed E-state index contributed by atoms with van der Waals surface area (Å²) in [7, 11) is 1.82. The van der Waals surface area contributed by atoms with Gasteiger partial charge in [0.25, 0.3) is 0 Å². The van der Waals surface area contributed by atoms with Crippen LogP contribution in [0.3, 0.4) is 0 Å². The normalized spacial score (nSPS) is 16.6. The molecule has 0 spiro atoms. The Labute approximate surface area is 76.3 Å². The Bertz CT molecular complexity index is 68.2. The van der Waals surface area contributed by atoms with Crippen LogP contribution >= 0.6 is 0 Å². The van der Waals surface area contributed by atoms with Crippen LogP contribution in [0.4, 0.5) is 0 Å². The summed E-state index contributed by atoms with van der Waals surface area (Å²) < 4.78 is 5.19. The zero-order valence-electron chi connectivity index (χ0n) is 8.64. The Hall–Kier alpha value is -0.370. The van der Waals surface area contributed by atoms with Crippen LogP contribution in [-0.4, -0.2) is 20.0 Å². The molecule has 0 amide bonds. The third-order valence-electron chi connectivity index (χ3n) is 1.89. The maximum Gasteiger partial charge on any atom is 0.106 e. The number of hydrogen-bond acceptors (Lipinski definition) is 2. The molecule has 0 radical (unpaired) electrons. The minimum Gasteiger partial charge on any atom is -0.381 e. The summed E-state index contributed by atoms with van der Waals surface area (Å²) >= 11 is 0. The van der Waals surface area contributed by atoms with Crippen molar-refractivity contribution in [1.29, 1.82) is 0 Å². The van der Waals surface area contributed by atoms with Crippen LogP contribution in [0.1, 0.15) is 46.0 Å². The van der Waals surface area contributed by atoms with Gasteiger partial charge in [-0.3, -0.25) is 0 Å². The largest absolute Gasteiger partial charge is 0.381 e. The molecule has 0 N–H and O–H groups in total. The first-order valence-electron chi connectivity index (χ1n) is 4.75. The zero-order chi connectivity index (χ0) is 9.82. The minimum atomic E-state index is 0.587. The van der Waals surface area contributed by atoms with Crippen molar-refractivity contribution in [3.63, 3.8) is 0 Å². The zero-order valence-corrected chi connectivity index (χ0v) is 8.64. The topological polar surface area (TPSA) is 26.3 Å². The van der Waals surface area contributed by atoms with Gasteiger partial charge in [0.1, 0.15) is 6.79 Å². The second-order valence-corrected chi connectivity index (χ2v) is 2.50. The lowest BCUT2D eigenvalue weighted by atomic mass is 9.98. The molecule has 0 aromatic heterocycles. The second-order valence-electron chi connectivity index (χ2n) is 2.50. The lowest BCUT2D eigenvalue weighted by molar-refractivity contribution is -0.0979. The standard InChI is InChI=1S/C7H14O.C2H6.CH2O/c1-8-7-5-3-2-4-6-7;2*1-2/h7H,2-6H2,1H3;1-2H3;1H2. The van der Waals surface area contributed by atoms with E-state index in [1.807, 2.05) is 27.7 Å². The molecular weight excluding hydrogens is 152 g/mol. The monoisotopic (exact) mass is 174 g/mol. The lowest BCUT2D eigenvalue weighted by Crippen LogP contribution is -2.13. The molecule has 1 saturated carbocycles. The highest BCUT2D eigenvalue weighted by Gasteiger charge is 2.10. The van der Waals surface area contributed by atoms with Crippen LogP contribution < -0.4 is 0 Å². The van der Waals surface area contributed by atoms with Crippen molar-refractivity contribution < 1.29 is 9.53 Å². The summed E-state index contributed by atoms with van der Waals surface area (Å²) in [5.74, 6) is 0. The predicted molar refractivity (Wildman–Crippen MR) is 52.4 cm³/mol. The Balaban J connectivity index is 0. The third kappa shape index (κ3) is 7.73. The van der Waals surface area contributed by atoms with Gasteiger partial charge in [0.15, 0.2) is 0 Å². The van der Waals surface area contributed by atoms with Gasteiger partial charge in [-0.25, -0.2) is 0 Å². The van der Waals surface area contributed by atoms with Gasteiger partial charge in [0.05, 0.1) is 6.10 Å². The summed E-state index contributed by atoms with van der Waals surface area (Å²) in [6, 6.07) is 0. The van der Waals surface area contributed by atoms with Crippen molar-refractivity contribution in [3.8, 4) is 0 Å². The molecule has 2 heteroatoms. The van der Waals surface area contributed by atoms with E-state index in [1.54, 1.807) is 0 Å². The van der Waals surface area contributed by atoms with E-state index in [0.717, 1.165) is 0 Å². The van der Waals surface area contributed by atoms with Crippen molar-refractivity contribution in [1.82, 2.24) is 0 Å². The van der Waals surface area contributed by atoms with Crippen molar-refractivity contribution in [2.45, 2.75) is 52.1 Å². The molecule has 1 aliphatic carbocycles. The second kappa shape index (κ2) is 13.2. The molecule has 2 nitrogen and oxygen atoms in total. The Morgan fingerprint density at radius 3 is 1.75 bits per heavy atom. The fraction of sp³-hybridized carbons (Fsp3) is 0.900. The molecule has 0 unspecified atom stereocenters. The number of methoxy groups -OCH3 is 1. The smallest absolute Gasteiger partial charge is 0.106 e. The van der Waals surface area contributed by atoms with Gasteiger partial charge in [-0.15, -0.1) is 0 Å². The SMILES string of the molecule is C=O.CC.COC1CCCCC1. The van der Waals surface area contributed by atoms with Crippen LogP contribution in [0.15, 0.2) is 0 Å². The fourth-order valence-electron chi connectivity index (χ4n) is 1.30. The van der Waals surface area contributed by atoms with Crippen molar-refractivity contribution >= 4 is 6.79 Å². The molecule has 12 heavy (non-hydrogen) atoms. The quantitative estimate of drug-likeness (QED) is 0.611. The van der Waals surface area contributed by atoms with E-state index >= 15 is 0 Å². The molecule has 0 aromatic carbocycles. The van der Waals surface area contributed by atoms with E-state index in [1.165, 1.54) is 32.1 Å². The fourth-order valence-corrected chi connectivity index (χ4v) is 1.30. The highest BCUT2D eigenvalue weighted by atomic mass is 16.5. The van der Waals surface area contributed by atoms with E-state index in [2.05, 4.69) is 0 Å². The van der Waals surface area contributed by atoms with Gasteiger partial charge in [-0.2, -0.15) is 0 Å². The average molecular weight is 174 g/mol. The molecule has 0 heterocycles. The third-order valence-corrected chi connectivity index (χ3v) is 1.89. The van der Waals surface area contributed by atoms with E-state index in [9.17, 15) is 0 Å². The van der Waals surface area contributed by atoms with Crippen LogP contribution in [0.2, 0.25) is 0 Å². The first kappa shape index (κ1) is 14.2. The Morgan fingerprint density at radius 1 is 1.08 bits per heavy atom. The van der Waals surface area contributed by atoms with Crippen molar-refractivity contribution in [2.24, 2.45) is 0 Å². The van der Waals surface area contributed by atoms with Gasteiger partial charge in [0.2, 0.25) is 0 Å². The summed E-state index contributed by atoms with van der Waals surface area (Å²) in [6.07, 6.45) is 7.33. The Kier molecular flexibility index (Phi) is 15.6. The van der Waals surface area contributed by atoms with E-state index in [4.69, 9.17) is 9.53 Å². The summed E-state index contributed by atoms with van der Waals surface area (Å²) in [6.45, 7) is 6.00. The number of carbonyl (C=O) groups is 1. The van der Waals surface area contributed by atoms with Crippen molar-refractivity contribution in [2.75, 3.05) is 7.11 Å².